The van der Waals surface area contributed by atoms with Crippen molar-refractivity contribution < 1.29 is 9.21 Å². The Hall–Kier alpha value is -1.36. The summed E-state index contributed by atoms with van der Waals surface area (Å²) in [5, 5.41) is 0. The summed E-state index contributed by atoms with van der Waals surface area (Å²) < 4.78 is 5.66. The second kappa shape index (κ2) is 4.07. The van der Waals surface area contributed by atoms with Crippen molar-refractivity contribution in [1.29, 1.82) is 0 Å². The number of nitrogen functional groups attached to an aromatic ring is 1. The summed E-state index contributed by atoms with van der Waals surface area (Å²) >= 11 is 0. The number of nitrogens with two attached hydrogens (primary N) is 1. The van der Waals surface area contributed by atoms with E-state index in [4.69, 9.17) is 10.3 Å². The minimum Gasteiger partial charge on any atom is -0.437 e. The van der Waals surface area contributed by atoms with Crippen LogP contribution < -0.4 is 11.3 Å². The van der Waals surface area contributed by atoms with Gasteiger partial charge in [0, 0.05) is 5.92 Å². The van der Waals surface area contributed by atoms with Gasteiger partial charge in [0.05, 0.1) is 6.20 Å². The van der Waals surface area contributed by atoms with Crippen LogP contribution in [0, 0.1) is 23.7 Å². The Morgan fingerprint density at radius 3 is 2.42 bits per heavy atom. The van der Waals surface area contributed by atoms with E-state index in [9.17, 15) is 4.79 Å². The van der Waals surface area contributed by atoms with Crippen LogP contribution in [0.4, 0.5) is 0 Å². The summed E-state index contributed by atoms with van der Waals surface area (Å²) in [5.74, 6) is 9.46. The monoisotopic (exact) mass is 261 g/mol. The van der Waals surface area contributed by atoms with Gasteiger partial charge in [-0.05, 0) is 55.8 Å². The fourth-order valence-corrected chi connectivity index (χ4v) is 5.00. The van der Waals surface area contributed by atoms with E-state index < -0.39 is 5.91 Å². The lowest BCUT2D eigenvalue weighted by atomic mass is 9.51. The molecular weight excluding hydrogens is 242 g/mol. The van der Waals surface area contributed by atoms with Crippen LogP contribution in [0.25, 0.3) is 0 Å². The van der Waals surface area contributed by atoms with Gasteiger partial charge in [0.15, 0.2) is 0 Å². The zero-order chi connectivity index (χ0) is 13.0. The molecule has 4 aliphatic carbocycles. The Morgan fingerprint density at radius 2 is 1.84 bits per heavy atom. The van der Waals surface area contributed by atoms with Crippen molar-refractivity contribution in [3.05, 3.63) is 17.8 Å². The van der Waals surface area contributed by atoms with Crippen LogP contribution in [-0.4, -0.2) is 10.9 Å². The fraction of sp³-hybridized carbons (Fsp3) is 0.714. The molecule has 5 rings (SSSR count). The Balaban J connectivity index is 1.62. The zero-order valence-electron chi connectivity index (χ0n) is 10.8. The van der Waals surface area contributed by atoms with E-state index in [-0.39, 0.29) is 5.89 Å². The van der Waals surface area contributed by atoms with Crippen molar-refractivity contribution >= 4 is 5.91 Å². The molecular formula is C14H19N3O2. The average molecular weight is 261 g/mol. The van der Waals surface area contributed by atoms with E-state index in [1.807, 2.05) is 0 Å². The molecule has 0 saturated heterocycles. The first kappa shape index (κ1) is 11.5. The lowest BCUT2D eigenvalue weighted by molar-refractivity contribution is -0.00988. The van der Waals surface area contributed by atoms with Gasteiger partial charge in [-0.2, -0.15) is 0 Å². The van der Waals surface area contributed by atoms with Gasteiger partial charge in [-0.1, -0.05) is 0 Å². The Labute approximate surface area is 111 Å². The van der Waals surface area contributed by atoms with Gasteiger partial charge in [0.1, 0.15) is 5.76 Å². The van der Waals surface area contributed by atoms with E-state index in [0.717, 1.165) is 29.4 Å². The number of hydrogen-bond acceptors (Lipinski definition) is 4. The van der Waals surface area contributed by atoms with Crippen LogP contribution in [0.2, 0.25) is 0 Å². The number of hydrazine groups is 1. The van der Waals surface area contributed by atoms with Crippen molar-refractivity contribution in [3.8, 4) is 0 Å². The van der Waals surface area contributed by atoms with Gasteiger partial charge in [-0.15, -0.1) is 0 Å². The maximum atomic E-state index is 11.4. The summed E-state index contributed by atoms with van der Waals surface area (Å²) in [4.78, 5) is 15.5. The Kier molecular flexibility index (Phi) is 2.45. The largest absolute Gasteiger partial charge is 0.437 e. The van der Waals surface area contributed by atoms with Crippen molar-refractivity contribution in [2.75, 3.05) is 0 Å². The first-order valence-corrected chi connectivity index (χ1v) is 7.21. The van der Waals surface area contributed by atoms with Crippen LogP contribution in [0.5, 0.6) is 0 Å². The first-order valence-electron chi connectivity index (χ1n) is 7.21. The van der Waals surface area contributed by atoms with Gasteiger partial charge >= 0.3 is 5.91 Å². The molecule has 5 heteroatoms. The molecule has 0 spiro atoms. The van der Waals surface area contributed by atoms with E-state index in [1.54, 1.807) is 6.20 Å². The molecule has 4 saturated carbocycles. The number of amides is 1. The molecule has 1 aromatic rings. The standard InChI is InChI=1S/C14H19N3O2/c15-17-13(18)14-16-6-11(19-14)12-9-2-7-1-8(4-9)5-10(12)3-7/h6-10,12H,1-5,15H2,(H,17,18). The third-order valence-electron chi connectivity index (χ3n) is 5.40. The molecule has 0 unspecified atom stereocenters. The van der Waals surface area contributed by atoms with E-state index >= 15 is 0 Å². The highest BCUT2D eigenvalue weighted by Crippen LogP contribution is 2.59. The second-order valence-corrected chi connectivity index (χ2v) is 6.50. The van der Waals surface area contributed by atoms with Gasteiger partial charge in [0.25, 0.3) is 5.89 Å². The minimum atomic E-state index is -0.449. The molecule has 1 aromatic heterocycles. The minimum absolute atomic E-state index is 0.0892. The van der Waals surface area contributed by atoms with Gasteiger partial charge in [-0.25, -0.2) is 10.8 Å². The quantitative estimate of drug-likeness (QED) is 0.483. The summed E-state index contributed by atoms with van der Waals surface area (Å²) in [6, 6.07) is 0. The molecule has 0 aliphatic heterocycles. The number of oxazole rings is 1. The number of aromatic nitrogens is 1. The highest BCUT2D eigenvalue weighted by Gasteiger charge is 2.49. The third-order valence-corrected chi connectivity index (χ3v) is 5.40. The van der Waals surface area contributed by atoms with Crippen LogP contribution in [-0.2, 0) is 0 Å². The highest BCUT2D eigenvalue weighted by atomic mass is 16.4. The molecule has 4 bridgehead atoms. The van der Waals surface area contributed by atoms with Crippen molar-refractivity contribution in [3.63, 3.8) is 0 Å². The molecule has 3 N–H and O–H groups in total. The lowest BCUT2D eigenvalue weighted by Crippen LogP contribution is -2.43. The number of hydrogen-bond donors (Lipinski definition) is 2. The van der Waals surface area contributed by atoms with Gasteiger partial charge in [0.2, 0.25) is 0 Å². The second-order valence-electron chi connectivity index (χ2n) is 6.50. The maximum absolute atomic E-state index is 11.4. The molecule has 19 heavy (non-hydrogen) atoms. The van der Waals surface area contributed by atoms with E-state index in [0.29, 0.717) is 5.92 Å². The molecule has 0 atom stereocenters. The summed E-state index contributed by atoms with van der Waals surface area (Å²) in [6.45, 7) is 0. The van der Waals surface area contributed by atoms with E-state index in [1.165, 1.54) is 32.1 Å². The SMILES string of the molecule is NNC(=O)c1ncc(C2C3CC4CC(C3)CC2C4)o1. The van der Waals surface area contributed by atoms with Gasteiger partial charge in [-0.3, -0.25) is 10.2 Å². The van der Waals surface area contributed by atoms with E-state index in [2.05, 4.69) is 10.4 Å². The number of nitrogens with one attached hydrogen (secondary N) is 1. The molecule has 1 heterocycles. The van der Waals surface area contributed by atoms with Crippen LogP contribution >= 0.6 is 0 Å². The number of rotatable bonds is 2. The van der Waals surface area contributed by atoms with Crippen molar-refractivity contribution in [1.82, 2.24) is 10.4 Å². The molecule has 0 radical (unpaired) electrons. The van der Waals surface area contributed by atoms with Crippen molar-refractivity contribution in [2.24, 2.45) is 29.5 Å². The molecule has 4 fully saturated rings. The summed E-state index contributed by atoms with van der Waals surface area (Å²) in [6.07, 6.45) is 8.50. The smallest absolute Gasteiger partial charge is 0.320 e. The van der Waals surface area contributed by atoms with Crippen LogP contribution in [0.15, 0.2) is 10.6 Å². The topological polar surface area (TPSA) is 81.1 Å². The third kappa shape index (κ3) is 1.71. The fourth-order valence-electron chi connectivity index (χ4n) is 5.00. The number of carbonyl (C=O) groups is 1. The normalized spacial score (nSPS) is 39.5. The molecule has 102 valence electrons. The number of nitrogens with zero attached hydrogens (tertiary/aromatic N) is 1. The number of carbonyl (C=O) groups excluding carboxylic acids is 1. The average Bonchev–Trinajstić information content (AvgIpc) is 2.86. The Bertz CT molecular complexity index is 483. The maximum Gasteiger partial charge on any atom is 0.320 e. The van der Waals surface area contributed by atoms with Crippen molar-refractivity contribution in [2.45, 2.75) is 38.0 Å². The first-order chi connectivity index (χ1) is 9.24. The summed E-state index contributed by atoms with van der Waals surface area (Å²) in [5.41, 5.74) is 2.07. The van der Waals surface area contributed by atoms with Crippen LogP contribution in [0.1, 0.15) is 54.5 Å². The lowest BCUT2D eigenvalue weighted by Gasteiger charge is -2.53. The molecule has 1 amide bonds. The zero-order valence-corrected chi connectivity index (χ0v) is 10.8. The summed E-state index contributed by atoms with van der Waals surface area (Å²) in [7, 11) is 0. The van der Waals surface area contributed by atoms with Gasteiger partial charge < -0.3 is 4.42 Å². The predicted octanol–water partition coefficient (Wildman–Crippen LogP) is 1.82. The molecule has 0 aromatic carbocycles. The molecule has 5 nitrogen and oxygen atoms in total. The molecule has 4 aliphatic rings. The highest BCUT2D eigenvalue weighted by molar-refractivity contribution is 5.88. The Morgan fingerprint density at radius 1 is 1.21 bits per heavy atom. The predicted molar refractivity (Wildman–Crippen MR) is 67.9 cm³/mol. The van der Waals surface area contributed by atoms with Crippen LogP contribution in [0.3, 0.4) is 0 Å².